The van der Waals surface area contributed by atoms with Crippen LogP contribution in [0.4, 0.5) is 4.39 Å². The van der Waals surface area contributed by atoms with Crippen LogP contribution >= 0.6 is 0 Å². The van der Waals surface area contributed by atoms with E-state index >= 15 is 0 Å². The van der Waals surface area contributed by atoms with Gasteiger partial charge in [-0.1, -0.05) is 50.2 Å². The third-order valence-electron chi connectivity index (χ3n) is 4.80. The van der Waals surface area contributed by atoms with Crippen LogP contribution in [-0.4, -0.2) is 19.3 Å². The smallest absolute Gasteiger partial charge is 0.207 e. The Balaban J connectivity index is 2.03. The van der Waals surface area contributed by atoms with E-state index in [0.29, 0.717) is 12.5 Å². The fraction of sp³-hybridized carbons (Fsp3) is 0.400. The molecule has 0 N–H and O–H groups in total. The highest BCUT2D eigenvalue weighted by Gasteiger charge is 2.37. The minimum atomic E-state index is -3.90. The van der Waals surface area contributed by atoms with Gasteiger partial charge in [0.15, 0.2) is 0 Å². The average Bonchev–Trinajstić information content (AvgIpc) is 2.99. The summed E-state index contributed by atoms with van der Waals surface area (Å²) in [5, 5.41) is 0. The Kier molecular flexibility index (Phi) is 5.25. The lowest BCUT2D eigenvalue weighted by Gasteiger charge is -2.29. The van der Waals surface area contributed by atoms with Gasteiger partial charge in [0.2, 0.25) is 10.0 Å². The van der Waals surface area contributed by atoms with Crippen molar-refractivity contribution >= 4 is 10.0 Å². The maximum Gasteiger partial charge on any atom is 0.246 e. The third-order valence-corrected chi connectivity index (χ3v) is 6.74. The van der Waals surface area contributed by atoms with Crippen molar-refractivity contribution in [2.75, 3.05) is 6.54 Å². The topological polar surface area (TPSA) is 37.4 Å². The number of halogens is 1. The molecule has 0 heterocycles. The summed E-state index contributed by atoms with van der Waals surface area (Å²) in [5.41, 5.74) is 2.23. The first-order chi connectivity index (χ1) is 11.9. The molecule has 3 rings (SSSR count). The van der Waals surface area contributed by atoms with Crippen LogP contribution in [0.5, 0.6) is 0 Å². The Hall–Kier alpha value is -1.72. The minimum absolute atomic E-state index is 0.223. The van der Waals surface area contributed by atoms with E-state index in [9.17, 15) is 12.8 Å². The number of sulfonamides is 1. The largest absolute Gasteiger partial charge is 0.246 e. The monoisotopic (exact) mass is 361 g/mol. The Morgan fingerprint density at radius 1 is 1.12 bits per heavy atom. The van der Waals surface area contributed by atoms with Crippen molar-refractivity contribution in [2.24, 2.45) is 5.92 Å². The fourth-order valence-electron chi connectivity index (χ4n) is 3.44. The van der Waals surface area contributed by atoms with Gasteiger partial charge < -0.3 is 0 Å². The lowest BCUT2D eigenvalue weighted by Crippen LogP contribution is -2.36. The van der Waals surface area contributed by atoms with Crippen LogP contribution in [0.3, 0.4) is 0 Å². The van der Waals surface area contributed by atoms with Crippen molar-refractivity contribution in [3.8, 4) is 0 Å². The predicted molar refractivity (Wildman–Crippen MR) is 97.3 cm³/mol. The van der Waals surface area contributed by atoms with Gasteiger partial charge in [0.1, 0.15) is 10.7 Å². The van der Waals surface area contributed by atoms with Crippen molar-refractivity contribution < 1.29 is 12.8 Å². The molecule has 0 bridgehead atoms. The summed E-state index contributed by atoms with van der Waals surface area (Å²) in [4.78, 5) is -0.233. The molecule has 0 fully saturated rings. The van der Waals surface area contributed by atoms with Crippen molar-refractivity contribution in [1.29, 1.82) is 0 Å². The van der Waals surface area contributed by atoms with E-state index in [4.69, 9.17) is 0 Å². The highest BCUT2D eigenvalue weighted by atomic mass is 32.2. The van der Waals surface area contributed by atoms with Crippen LogP contribution in [0, 0.1) is 11.7 Å². The first-order valence-corrected chi connectivity index (χ1v) is 10.2. The van der Waals surface area contributed by atoms with Crippen molar-refractivity contribution in [3.05, 3.63) is 65.5 Å². The molecular formula is C20H24FNO2S. The van der Waals surface area contributed by atoms with E-state index in [0.717, 1.165) is 24.8 Å². The molecule has 0 amide bonds. The van der Waals surface area contributed by atoms with Gasteiger partial charge in [-0.25, -0.2) is 12.8 Å². The number of hydrogen-bond donors (Lipinski definition) is 0. The molecule has 3 nitrogen and oxygen atoms in total. The molecule has 134 valence electrons. The maximum atomic E-state index is 14.2. The van der Waals surface area contributed by atoms with Crippen LogP contribution in [-0.2, 0) is 16.4 Å². The third kappa shape index (κ3) is 3.62. The van der Waals surface area contributed by atoms with E-state index < -0.39 is 15.8 Å². The molecule has 2 aromatic carbocycles. The molecule has 0 aromatic heterocycles. The van der Waals surface area contributed by atoms with Crippen molar-refractivity contribution in [3.63, 3.8) is 0 Å². The van der Waals surface area contributed by atoms with Crippen molar-refractivity contribution in [1.82, 2.24) is 4.31 Å². The Bertz CT molecular complexity index is 848. The van der Waals surface area contributed by atoms with E-state index in [2.05, 4.69) is 13.8 Å². The molecule has 5 heteroatoms. The lowest BCUT2D eigenvalue weighted by molar-refractivity contribution is 0.303. The lowest BCUT2D eigenvalue weighted by atomic mass is 10.1. The molecule has 0 spiro atoms. The second kappa shape index (κ2) is 7.26. The second-order valence-corrected chi connectivity index (χ2v) is 8.84. The molecule has 0 saturated carbocycles. The van der Waals surface area contributed by atoms with Crippen LogP contribution in [0.15, 0.2) is 53.4 Å². The molecule has 1 aliphatic rings. The zero-order valence-electron chi connectivity index (χ0n) is 14.7. The zero-order chi connectivity index (χ0) is 18.0. The van der Waals surface area contributed by atoms with Gasteiger partial charge >= 0.3 is 0 Å². The van der Waals surface area contributed by atoms with E-state index in [1.54, 1.807) is 6.07 Å². The maximum absolute atomic E-state index is 14.2. The molecule has 1 unspecified atom stereocenters. The van der Waals surface area contributed by atoms with Crippen molar-refractivity contribution in [2.45, 2.75) is 44.0 Å². The van der Waals surface area contributed by atoms with Gasteiger partial charge in [-0.2, -0.15) is 4.31 Å². The first-order valence-electron chi connectivity index (χ1n) is 8.75. The summed E-state index contributed by atoms with van der Waals surface area (Å²) < 4.78 is 42.2. The second-order valence-electron chi connectivity index (χ2n) is 6.98. The SMILES string of the molecule is CC(C)CCN(C1CCc2ccccc21)S(=O)(=O)c1ccccc1F. The highest BCUT2D eigenvalue weighted by Crippen LogP contribution is 2.39. The molecule has 0 radical (unpaired) electrons. The first kappa shape index (κ1) is 18.1. The number of aryl methyl sites for hydroxylation is 1. The zero-order valence-corrected chi connectivity index (χ0v) is 15.5. The Morgan fingerprint density at radius 2 is 1.80 bits per heavy atom. The molecule has 1 atom stereocenters. The molecule has 25 heavy (non-hydrogen) atoms. The molecular weight excluding hydrogens is 337 g/mol. The molecule has 2 aromatic rings. The number of hydrogen-bond acceptors (Lipinski definition) is 2. The number of rotatable bonds is 6. The predicted octanol–water partition coefficient (Wildman–Crippen LogP) is 4.55. The normalized spacial score (nSPS) is 17.2. The van der Waals surface area contributed by atoms with E-state index in [-0.39, 0.29) is 10.9 Å². The van der Waals surface area contributed by atoms with Crippen LogP contribution in [0.2, 0.25) is 0 Å². The van der Waals surface area contributed by atoms with Gasteiger partial charge in [-0.3, -0.25) is 0 Å². The van der Waals surface area contributed by atoms with Gasteiger partial charge in [-0.05, 0) is 48.4 Å². The van der Waals surface area contributed by atoms with E-state index in [1.165, 1.54) is 28.1 Å². The Morgan fingerprint density at radius 3 is 2.52 bits per heavy atom. The number of nitrogens with zero attached hydrogens (tertiary/aromatic N) is 1. The van der Waals surface area contributed by atoms with Gasteiger partial charge in [0, 0.05) is 6.54 Å². The molecule has 0 saturated heterocycles. The van der Waals surface area contributed by atoms with Gasteiger partial charge in [0.05, 0.1) is 6.04 Å². The Labute approximate surface area is 149 Å². The minimum Gasteiger partial charge on any atom is -0.207 e. The highest BCUT2D eigenvalue weighted by molar-refractivity contribution is 7.89. The van der Waals surface area contributed by atoms with E-state index in [1.807, 2.05) is 24.3 Å². The summed E-state index contributed by atoms with van der Waals surface area (Å²) in [5.74, 6) is -0.321. The summed E-state index contributed by atoms with van der Waals surface area (Å²) in [6.07, 6.45) is 2.34. The van der Waals surface area contributed by atoms with Gasteiger partial charge in [0.25, 0.3) is 0 Å². The molecule has 0 aliphatic heterocycles. The number of benzene rings is 2. The molecule has 1 aliphatic carbocycles. The summed E-state index contributed by atoms with van der Waals surface area (Å²) >= 11 is 0. The average molecular weight is 361 g/mol. The van der Waals surface area contributed by atoms with Crippen LogP contribution < -0.4 is 0 Å². The van der Waals surface area contributed by atoms with Gasteiger partial charge in [-0.15, -0.1) is 0 Å². The summed E-state index contributed by atoms with van der Waals surface area (Å²) in [6.45, 7) is 4.53. The fourth-order valence-corrected chi connectivity index (χ4v) is 5.16. The standard InChI is InChI=1S/C20H24FNO2S/c1-15(2)13-14-22(19-12-11-16-7-3-4-8-17(16)19)25(23,24)20-10-6-5-9-18(20)21/h3-10,15,19H,11-14H2,1-2H3. The number of fused-ring (bicyclic) bond motifs is 1. The quantitative estimate of drug-likeness (QED) is 0.757. The summed E-state index contributed by atoms with van der Waals surface area (Å²) in [6, 6.07) is 13.4. The summed E-state index contributed by atoms with van der Waals surface area (Å²) in [7, 11) is -3.90. The van der Waals surface area contributed by atoms with Crippen LogP contribution in [0.25, 0.3) is 0 Å². The van der Waals surface area contributed by atoms with Crippen LogP contribution in [0.1, 0.15) is 43.9 Å².